The van der Waals surface area contributed by atoms with E-state index in [4.69, 9.17) is 0 Å². The van der Waals surface area contributed by atoms with Crippen LogP contribution in [-0.4, -0.2) is 33.5 Å². The number of H-pyrrole nitrogens is 1. The Morgan fingerprint density at radius 1 is 1.46 bits per heavy atom. The van der Waals surface area contributed by atoms with Gasteiger partial charge in [0.2, 0.25) is 11.8 Å². The molecule has 1 saturated heterocycles. The minimum Gasteiger partial charge on any atom is -0.302 e. The van der Waals surface area contributed by atoms with E-state index in [-0.39, 0.29) is 36.0 Å². The highest BCUT2D eigenvalue weighted by Crippen LogP contribution is 2.31. The number of fused-ring (bicyclic) bond motifs is 1. The molecule has 0 spiro atoms. The average molecular weight is 345 g/mol. The molecular formula is C15H12FN5O2S. The van der Waals surface area contributed by atoms with E-state index in [1.54, 1.807) is 23.7 Å². The number of amides is 2. The number of carbonyl (C=O) groups excluding carboxylic acids is 2. The summed E-state index contributed by atoms with van der Waals surface area (Å²) in [5, 5.41) is 12.0. The number of nitrogens with zero attached hydrogens (tertiary/aromatic N) is 3. The lowest BCUT2D eigenvalue weighted by Crippen LogP contribution is -2.28. The van der Waals surface area contributed by atoms with Crippen LogP contribution < -0.4 is 10.2 Å². The average Bonchev–Trinajstić information content (AvgIpc) is 3.27. The first-order valence-electron chi connectivity index (χ1n) is 7.27. The van der Waals surface area contributed by atoms with Gasteiger partial charge in [-0.15, -0.1) is 11.3 Å². The van der Waals surface area contributed by atoms with Crippen molar-refractivity contribution in [3.8, 4) is 0 Å². The molecule has 2 aromatic heterocycles. The fraction of sp³-hybridized carbons (Fsp3) is 0.200. The number of aromatic amines is 1. The maximum Gasteiger partial charge on any atom is 0.231 e. The van der Waals surface area contributed by atoms with Crippen molar-refractivity contribution in [1.82, 2.24) is 15.2 Å². The molecule has 2 amide bonds. The van der Waals surface area contributed by atoms with Crippen LogP contribution in [0.3, 0.4) is 0 Å². The van der Waals surface area contributed by atoms with E-state index in [9.17, 15) is 14.0 Å². The van der Waals surface area contributed by atoms with Crippen LogP contribution in [0.1, 0.15) is 6.42 Å². The van der Waals surface area contributed by atoms with Gasteiger partial charge in [-0.1, -0.05) is 6.07 Å². The van der Waals surface area contributed by atoms with Crippen LogP contribution in [0.5, 0.6) is 0 Å². The van der Waals surface area contributed by atoms with Crippen LogP contribution >= 0.6 is 11.3 Å². The molecule has 9 heteroatoms. The number of hydrogen-bond acceptors (Lipinski definition) is 5. The van der Waals surface area contributed by atoms with Crippen molar-refractivity contribution in [1.29, 1.82) is 0 Å². The maximum absolute atomic E-state index is 14.1. The standard InChI is InChI=1S/C15H12FN5O2S/c16-9-2-1-3-10-12(9)13(20-19-10)21-7-8(6-11(21)22)14(23)18-15-17-4-5-24-15/h1-5,8H,6-7H2,(H,19,20)(H,17,18,23)/t8-/m0/s1. The Balaban J connectivity index is 1.58. The first-order chi connectivity index (χ1) is 11.6. The van der Waals surface area contributed by atoms with Gasteiger partial charge in [0.25, 0.3) is 0 Å². The number of hydrogen-bond donors (Lipinski definition) is 2. The Hall–Kier alpha value is -2.81. The first-order valence-corrected chi connectivity index (χ1v) is 8.15. The molecule has 0 radical (unpaired) electrons. The molecule has 1 aromatic carbocycles. The predicted octanol–water partition coefficient (Wildman–Crippen LogP) is 2.15. The molecule has 7 nitrogen and oxygen atoms in total. The molecular weight excluding hydrogens is 333 g/mol. The SMILES string of the molecule is O=C(Nc1nccs1)[C@H]1CC(=O)N(c2n[nH]c3cccc(F)c23)C1. The van der Waals surface area contributed by atoms with E-state index in [1.807, 2.05) is 0 Å². The third-order valence-corrected chi connectivity index (χ3v) is 4.62. The molecule has 2 N–H and O–H groups in total. The van der Waals surface area contributed by atoms with Crippen molar-refractivity contribution >= 4 is 45.0 Å². The Kier molecular flexibility index (Phi) is 3.49. The normalized spacial score (nSPS) is 17.6. The van der Waals surface area contributed by atoms with Gasteiger partial charge in [0.05, 0.1) is 16.8 Å². The van der Waals surface area contributed by atoms with Gasteiger partial charge in [-0.3, -0.25) is 19.6 Å². The van der Waals surface area contributed by atoms with E-state index in [2.05, 4.69) is 20.5 Å². The van der Waals surface area contributed by atoms with Crippen LogP contribution in [-0.2, 0) is 9.59 Å². The number of rotatable bonds is 3. The van der Waals surface area contributed by atoms with Crippen molar-refractivity contribution in [2.75, 3.05) is 16.8 Å². The number of aromatic nitrogens is 3. The van der Waals surface area contributed by atoms with E-state index in [0.29, 0.717) is 10.6 Å². The molecule has 4 rings (SSSR count). The van der Waals surface area contributed by atoms with Crippen molar-refractivity contribution in [2.45, 2.75) is 6.42 Å². The van der Waals surface area contributed by atoms with Gasteiger partial charge in [0.1, 0.15) is 5.82 Å². The molecule has 1 aliphatic heterocycles. The molecule has 3 heterocycles. The number of nitrogens with one attached hydrogen (secondary N) is 2. The van der Waals surface area contributed by atoms with Crippen LogP contribution in [0.4, 0.5) is 15.3 Å². The molecule has 1 aliphatic rings. The minimum atomic E-state index is -0.528. The summed E-state index contributed by atoms with van der Waals surface area (Å²) in [5.41, 5.74) is 0.508. The zero-order chi connectivity index (χ0) is 16.7. The van der Waals surface area contributed by atoms with Gasteiger partial charge in [0.15, 0.2) is 10.9 Å². The highest BCUT2D eigenvalue weighted by Gasteiger charge is 2.37. The van der Waals surface area contributed by atoms with E-state index in [1.165, 1.54) is 22.3 Å². The number of benzene rings is 1. The van der Waals surface area contributed by atoms with Gasteiger partial charge in [-0.2, -0.15) is 5.10 Å². The quantitative estimate of drug-likeness (QED) is 0.761. The molecule has 0 aliphatic carbocycles. The van der Waals surface area contributed by atoms with Gasteiger partial charge < -0.3 is 5.32 Å². The molecule has 24 heavy (non-hydrogen) atoms. The molecule has 0 unspecified atom stereocenters. The summed E-state index contributed by atoms with van der Waals surface area (Å²) < 4.78 is 14.1. The highest BCUT2D eigenvalue weighted by atomic mass is 32.1. The summed E-state index contributed by atoms with van der Waals surface area (Å²) in [7, 11) is 0. The van der Waals surface area contributed by atoms with Crippen LogP contribution in [0.2, 0.25) is 0 Å². The second kappa shape index (κ2) is 5.68. The second-order valence-corrected chi connectivity index (χ2v) is 6.34. The predicted molar refractivity (Wildman–Crippen MR) is 87.3 cm³/mol. The van der Waals surface area contributed by atoms with E-state index in [0.717, 1.165) is 0 Å². The van der Waals surface area contributed by atoms with Crippen LogP contribution in [0.25, 0.3) is 10.9 Å². The van der Waals surface area contributed by atoms with Gasteiger partial charge in [0, 0.05) is 24.5 Å². The number of carbonyl (C=O) groups is 2. The van der Waals surface area contributed by atoms with Crippen LogP contribution in [0, 0.1) is 11.7 Å². The highest BCUT2D eigenvalue weighted by molar-refractivity contribution is 7.13. The second-order valence-electron chi connectivity index (χ2n) is 5.44. The molecule has 122 valence electrons. The molecule has 1 atom stereocenters. The Morgan fingerprint density at radius 3 is 3.12 bits per heavy atom. The van der Waals surface area contributed by atoms with E-state index < -0.39 is 11.7 Å². The third-order valence-electron chi connectivity index (χ3n) is 3.93. The summed E-state index contributed by atoms with van der Waals surface area (Å²) in [6.07, 6.45) is 1.64. The lowest BCUT2D eigenvalue weighted by molar-refractivity contribution is -0.122. The maximum atomic E-state index is 14.1. The van der Waals surface area contributed by atoms with Crippen molar-refractivity contribution < 1.29 is 14.0 Å². The number of anilines is 2. The number of thiazole rings is 1. The van der Waals surface area contributed by atoms with Crippen molar-refractivity contribution in [2.24, 2.45) is 5.92 Å². The fourth-order valence-electron chi connectivity index (χ4n) is 2.79. The topological polar surface area (TPSA) is 91.0 Å². The third kappa shape index (κ3) is 2.42. The van der Waals surface area contributed by atoms with Crippen LogP contribution in [0.15, 0.2) is 29.8 Å². The smallest absolute Gasteiger partial charge is 0.231 e. The molecule has 0 saturated carbocycles. The minimum absolute atomic E-state index is 0.0556. The Labute approximate surface area is 139 Å². The summed E-state index contributed by atoms with van der Waals surface area (Å²) in [4.78, 5) is 29.9. The largest absolute Gasteiger partial charge is 0.302 e. The van der Waals surface area contributed by atoms with Gasteiger partial charge in [-0.05, 0) is 12.1 Å². The monoisotopic (exact) mass is 345 g/mol. The molecule has 3 aromatic rings. The summed E-state index contributed by atoms with van der Waals surface area (Å²) in [6.45, 7) is 0.157. The van der Waals surface area contributed by atoms with Gasteiger partial charge in [-0.25, -0.2) is 9.37 Å². The molecule has 1 fully saturated rings. The fourth-order valence-corrected chi connectivity index (χ4v) is 3.32. The zero-order valence-electron chi connectivity index (χ0n) is 12.3. The summed E-state index contributed by atoms with van der Waals surface area (Å²) in [6, 6.07) is 4.56. The van der Waals surface area contributed by atoms with Crippen molar-refractivity contribution in [3.63, 3.8) is 0 Å². The van der Waals surface area contributed by atoms with Crippen molar-refractivity contribution in [3.05, 3.63) is 35.6 Å². The molecule has 0 bridgehead atoms. The number of halogens is 1. The lowest BCUT2D eigenvalue weighted by Gasteiger charge is -2.14. The Bertz CT molecular complexity index is 923. The zero-order valence-corrected chi connectivity index (χ0v) is 13.1. The lowest BCUT2D eigenvalue weighted by atomic mass is 10.1. The van der Waals surface area contributed by atoms with E-state index >= 15 is 0 Å². The summed E-state index contributed by atoms with van der Waals surface area (Å²) >= 11 is 1.30. The Morgan fingerprint density at radius 2 is 2.33 bits per heavy atom. The van der Waals surface area contributed by atoms with Gasteiger partial charge >= 0.3 is 0 Å². The first kappa shape index (κ1) is 14.8. The summed E-state index contributed by atoms with van der Waals surface area (Å²) in [5.74, 6) is -1.30.